The van der Waals surface area contributed by atoms with Gasteiger partial charge in [0.15, 0.2) is 6.23 Å². The van der Waals surface area contributed by atoms with Gasteiger partial charge in [0.05, 0.1) is 18.8 Å². The summed E-state index contributed by atoms with van der Waals surface area (Å²) >= 11 is 0. The Morgan fingerprint density at radius 3 is 2.67 bits per heavy atom. The molecule has 3 unspecified atom stereocenters. The lowest BCUT2D eigenvalue weighted by Gasteiger charge is -2.32. The zero-order valence-electron chi connectivity index (χ0n) is 19.7. The van der Waals surface area contributed by atoms with Gasteiger partial charge in [0.25, 0.3) is 5.91 Å². The van der Waals surface area contributed by atoms with Crippen molar-refractivity contribution in [3.8, 4) is 12.3 Å². The summed E-state index contributed by atoms with van der Waals surface area (Å²) in [6.07, 6.45) is 8.59. The summed E-state index contributed by atoms with van der Waals surface area (Å²) in [5.41, 5.74) is 2.29. The van der Waals surface area contributed by atoms with Crippen molar-refractivity contribution in [2.75, 3.05) is 13.6 Å². The topological polar surface area (TPSA) is 76.2 Å². The first kappa shape index (κ1) is 24.1. The number of carbonyl (C=O) groups is 3. The van der Waals surface area contributed by atoms with E-state index in [4.69, 9.17) is 15.9 Å². The second-order valence-electron chi connectivity index (χ2n) is 9.29. The predicted octanol–water partition coefficient (Wildman–Crippen LogP) is 3.61. The minimum atomic E-state index is -0.686. The van der Waals surface area contributed by atoms with Crippen molar-refractivity contribution in [3.63, 3.8) is 0 Å². The number of rotatable bonds is 6. The number of nitrogens with zero attached hydrogens (tertiary/aromatic N) is 2. The molecule has 3 rings (SSSR count). The van der Waals surface area contributed by atoms with Crippen LogP contribution in [0.5, 0.6) is 0 Å². The van der Waals surface area contributed by atoms with Crippen LogP contribution in [-0.2, 0) is 25.5 Å². The molecule has 7 nitrogen and oxygen atoms in total. The molecule has 0 bridgehead atoms. The van der Waals surface area contributed by atoms with Gasteiger partial charge in [-0.1, -0.05) is 30.2 Å². The first-order chi connectivity index (χ1) is 15.6. The Morgan fingerprint density at radius 1 is 1.33 bits per heavy atom. The number of ether oxygens (including phenoxy) is 2. The SMILES string of the molecule is C#CCN1C(=O)C(C)=CC1O/C=C(/C=O)C1Cc2ccccc2C1N(C)C(=O)OC(C)(C)C. The van der Waals surface area contributed by atoms with Gasteiger partial charge in [0.1, 0.15) is 11.9 Å². The zero-order valence-corrected chi connectivity index (χ0v) is 19.7. The van der Waals surface area contributed by atoms with E-state index in [-0.39, 0.29) is 18.4 Å². The summed E-state index contributed by atoms with van der Waals surface area (Å²) in [6.45, 7) is 7.22. The monoisotopic (exact) mass is 450 g/mol. The number of fused-ring (bicyclic) bond motifs is 1. The first-order valence-corrected chi connectivity index (χ1v) is 10.8. The highest BCUT2D eigenvalue weighted by Crippen LogP contribution is 2.43. The lowest BCUT2D eigenvalue weighted by Crippen LogP contribution is -2.39. The zero-order chi connectivity index (χ0) is 24.3. The van der Waals surface area contributed by atoms with Crippen LogP contribution >= 0.6 is 0 Å². The lowest BCUT2D eigenvalue weighted by molar-refractivity contribution is -0.131. The van der Waals surface area contributed by atoms with Gasteiger partial charge in [-0.2, -0.15) is 0 Å². The Bertz CT molecular complexity index is 1040. The molecule has 0 saturated heterocycles. The molecule has 0 aromatic heterocycles. The standard InChI is InChI=1S/C26H30N2O5/c1-7-12-28-22(13-17(2)24(28)30)32-16-19(15-29)21-14-18-10-8-9-11-20(18)23(21)27(6)25(31)33-26(3,4)5/h1,8-11,13,15-16,21-23H,12,14H2,2-6H3/b19-16-. The number of hydrogen-bond acceptors (Lipinski definition) is 5. The maximum absolute atomic E-state index is 12.9. The van der Waals surface area contributed by atoms with E-state index >= 15 is 0 Å². The third-order valence-electron chi connectivity index (χ3n) is 5.76. The molecular weight excluding hydrogens is 420 g/mol. The molecule has 1 heterocycles. The van der Waals surface area contributed by atoms with Crippen molar-refractivity contribution in [1.82, 2.24) is 9.80 Å². The summed E-state index contributed by atoms with van der Waals surface area (Å²) < 4.78 is 11.4. The minimum absolute atomic E-state index is 0.0977. The van der Waals surface area contributed by atoms with Gasteiger partial charge in [-0.15, -0.1) is 6.42 Å². The molecule has 174 valence electrons. The molecule has 2 amide bonds. The van der Waals surface area contributed by atoms with Crippen LogP contribution in [0.4, 0.5) is 4.79 Å². The van der Waals surface area contributed by atoms with Gasteiger partial charge < -0.3 is 14.4 Å². The van der Waals surface area contributed by atoms with Crippen LogP contribution in [0, 0.1) is 18.3 Å². The molecule has 2 aliphatic rings. The highest BCUT2D eigenvalue weighted by molar-refractivity contribution is 5.95. The van der Waals surface area contributed by atoms with E-state index in [0.29, 0.717) is 17.6 Å². The second-order valence-corrected chi connectivity index (χ2v) is 9.29. The normalized spacial score (nSPS) is 22.4. The van der Waals surface area contributed by atoms with E-state index in [9.17, 15) is 14.4 Å². The molecule has 0 N–H and O–H groups in total. The molecule has 1 aromatic rings. The van der Waals surface area contributed by atoms with Crippen LogP contribution in [0.25, 0.3) is 0 Å². The Balaban J connectivity index is 1.90. The van der Waals surface area contributed by atoms with Crippen LogP contribution in [0.1, 0.15) is 44.9 Å². The average molecular weight is 451 g/mol. The third kappa shape index (κ3) is 5.11. The fraction of sp³-hybridized carbons (Fsp3) is 0.423. The van der Waals surface area contributed by atoms with Crippen molar-refractivity contribution in [2.24, 2.45) is 5.92 Å². The number of hydrogen-bond donors (Lipinski definition) is 0. The average Bonchev–Trinajstić information content (AvgIpc) is 3.25. The molecule has 0 fully saturated rings. The highest BCUT2D eigenvalue weighted by atomic mass is 16.6. The van der Waals surface area contributed by atoms with E-state index in [2.05, 4.69) is 5.92 Å². The Labute approximate surface area is 195 Å². The van der Waals surface area contributed by atoms with E-state index in [0.717, 1.165) is 17.4 Å². The largest absolute Gasteiger partial charge is 0.474 e. The van der Waals surface area contributed by atoms with E-state index in [1.165, 1.54) is 16.1 Å². The lowest BCUT2D eigenvalue weighted by atomic mass is 9.92. The van der Waals surface area contributed by atoms with Crippen LogP contribution in [-0.4, -0.2) is 53.5 Å². The quantitative estimate of drug-likeness (QED) is 0.286. The summed E-state index contributed by atoms with van der Waals surface area (Å²) in [5.74, 6) is 1.92. The molecule has 7 heteroatoms. The summed E-state index contributed by atoms with van der Waals surface area (Å²) in [5, 5.41) is 0. The van der Waals surface area contributed by atoms with Crippen LogP contribution in [0.3, 0.4) is 0 Å². The number of aldehydes is 1. The molecule has 1 aliphatic heterocycles. The Morgan fingerprint density at radius 2 is 2.03 bits per heavy atom. The van der Waals surface area contributed by atoms with Crippen LogP contribution in [0.15, 0.2) is 47.7 Å². The molecule has 0 radical (unpaired) electrons. The maximum atomic E-state index is 12.9. The number of carbonyl (C=O) groups excluding carboxylic acids is 3. The van der Waals surface area contributed by atoms with Crippen LogP contribution < -0.4 is 0 Å². The number of terminal acetylenes is 1. The van der Waals surface area contributed by atoms with Gasteiger partial charge >= 0.3 is 6.09 Å². The van der Waals surface area contributed by atoms with E-state index in [1.807, 2.05) is 45.0 Å². The van der Waals surface area contributed by atoms with Gasteiger partial charge in [-0.3, -0.25) is 14.5 Å². The maximum Gasteiger partial charge on any atom is 0.410 e. The van der Waals surface area contributed by atoms with E-state index < -0.39 is 24.0 Å². The van der Waals surface area contributed by atoms with Gasteiger partial charge in [0.2, 0.25) is 0 Å². The molecular formula is C26H30N2O5. The molecule has 0 spiro atoms. The van der Waals surface area contributed by atoms with Crippen LogP contribution in [0.2, 0.25) is 0 Å². The summed E-state index contributed by atoms with van der Waals surface area (Å²) in [4.78, 5) is 40.2. The smallest absolute Gasteiger partial charge is 0.410 e. The minimum Gasteiger partial charge on any atom is -0.474 e. The first-order valence-electron chi connectivity index (χ1n) is 10.8. The predicted molar refractivity (Wildman–Crippen MR) is 124 cm³/mol. The molecule has 1 aromatic carbocycles. The Kier molecular flexibility index (Phi) is 6.97. The second kappa shape index (κ2) is 9.53. The molecule has 0 saturated carbocycles. The molecule has 33 heavy (non-hydrogen) atoms. The molecule has 3 atom stereocenters. The fourth-order valence-electron chi connectivity index (χ4n) is 4.24. The van der Waals surface area contributed by atoms with Gasteiger partial charge in [0, 0.05) is 24.1 Å². The summed E-state index contributed by atoms with van der Waals surface area (Å²) in [7, 11) is 1.67. The van der Waals surface area contributed by atoms with E-state index in [1.54, 1.807) is 20.0 Å². The van der Waals surface area contributed by atoms with Crippen molar-refractivity contribution in [3.05, 3.63) is 58.9 Å². The van der Waals surface area contributed by atoms with Crippen molar-refractivity contribution >= 4 is 18.3 Å². The number of amides is 2. The summed E-state index contributed by atoms with van der Waals surface area (Å²) in [6, 6.07) is 7.39. The van der Waals surface area contributed by atoms with Crippen molar-refractivity contribution in [1.29, 1.82) is 0 Å². The molecule has 1 aliphatic carbocycles. The third-order valence-corrected chi connectivity index (χ3v) is 5.76. The number of benzene rings is 1. The Hall–Kier alpha value is -3.53. The highest BCUT2D eigenvalue weighted by Gasteiger charge is 2.40. The van der Waals surface area contributed by atoms with Crippen molar-refractivity contribution < 1.29 is 23.9 Å². The fourth-order valence-corrected chi connectivity index (χ4v) is 4.24. The van der Waals surface area contributed by atoms with Crippen molar-refractivity contribution in [2.45, 2.75) is 52.0 Å². The van der Waals surface area contributed by atoms with Gasteiger partial charge in [-0.05, 0) is 51.3 Å². The van der Waals surface area contributed by atoms with Gasteiger partial charge in [-0.25, -0.2) is 4.79 Å².